The van der Waals surface area contributed by atoms with Gasteiger partial charge in [-0.3, -0.25) is 9.48 Å². The Hall–Kier alpha value is -2.37. The summed E-state index contributed by atoms with van der Waals surface area (Å²) >= 11 is 0. The Morgan fingerprint density at radius 1 is 1.45 bits per heavy atom. The average Bonchev–Trinajstić information content (AvgIpc) is 2.88. The molecule has 20 heavy (non-hydrogen) atoms. The summed E-state index contributed by atoms with van der Waals surface area (Å²) in [5.41, 5.74) is 1.53. The first-order chi connectivity index (χ1) is 9.70. The van der Waals surface area contributed by atoms with E-state index < -0.39 is 0 Å². The zero-order valence-corrected chi connectivity index (χ0v) is 11.8. The molecule has 0 spiro atoms. The summed E-state index contributed by atoms with van der Waals surface area (Å²) in [5.74, 6) is 0.485. The van der Waals surface area contributed by atoms with Gasteiger partial charge in [-0.2, -0.15) is 5.10 Å². The topological polar surface area (TPSA) is 71.8 Å². The summed E-state index contributed by atoms with van der Waals surface area (Å²) in [6.45, 7) is 3.31. The fraction of sp³-hybridized carbons (Fsp3) is 0.357. The van der Waals surface area contributed by atoms with E-state index in [4.69, 9.17) is 0 Å². The molecule has 0 aliphatic rings. The maximum absolute atomic E-state index is 12.2. The molecule has 2 aromatic heterocycles. The van der Waals surface area contributed by atoms with Gasteiger partial charge in [-0.1, -0.05) is 6.92 Å². The van der Waals surface area contributed by atoms with Gasteiger partial charge in [0.25, 0.3) is 5.91 Å². The minimum Gasteiger partial charge on any atom is -0.369 e. The van der Waals surface area contributed by atoms with E-state index in [1.54, 1.807) is 29.2 Å². The molecule has 0 aliphatic heterocycles. The molecule has 0 atom stereocenters. The number of hydrogen-bond donors (Lipinski definition) is 2. The zero-order valence-electron chi connectivity index (χ0n) is 11.8. The largest absolute Gasteiger partial charge is 0.369 e. The van der Waals surface area contributed by atoms with Gasteiger partial charge in [-0.25, -0.2) is 4.98 Å². The number of hydrogen-bond acceptors (Lipinski definition) is 4. The molecule has 0 fully saturated rings. The maximum atomic E-state index is 12.2. The van der Waals surface area contributed by atoms with E-state index in [2.05, 4.69) is 27.6 Å². The summed E-state index contributed by atoms with van der Waals surface area (Å²) in [6, 6.07) is 3.53. The van der Waals surface area contributed by atoms with Crippen LogP contribution < -0.4 is 10.6 Å². The third-order valence-corrected chi connectivity index (χ3v) is 2.81. The van der Waals surface area contributed by atoms with Crippen LogP contribution >= 0.6 is 0 Å². The summed E-state index contributed by atoms with van der Waals surface area (Å²) < 4.78 is 1.71. The van der Waals surface area contributed by atoms with Crippen molar-refractivity contribution in [2.45, 2.75) is 19.9 Å². The van der Waals surface area contributed by atoms with Crippen molar-refractivity contribution in [1.82, 2.24) is 20.1 Å². The van der Waals surface area contributed by atoms with Crippen LogP contribution in [0.5, 0.6) is 0 Å². The van der Waals surface area contributed by atoms with Gasteiger partial charge in [0.15, 0.2) is 0 Å². The first-order valence-corrected chi connectivity index (χ1v) is 6.65. The second-order valence-electron chi connectivity index (χ2n) is 4.53. The lowest BCUT2D eigenvalue weighted by atomic mass is 10.2. The zero-order chi connectivity index (χ0) is 14.4. The molecule has 2 aromatic rings. The van der Waals surface area contributed by atoms with E-state index in [-0.39, 0.29) is 5.91 Å². The van der Waals surface area contributed by atoms with E-state index in [1.165, 1.54) is 0 Å². The van der Waals surface area contributed by atoms with Crippen molar-refractivity contribution in [3.8, 4) is 0 Å². The lowest BCUT2D eigenvalue weighted by Gasteiger charge is -2.10. The van der Waals surface area contributed by atoms with E-state index in [0.29, 0.717) is 17.9 Å². The number of nitrogens with one attached hydrogen (secondary N) is 2. The van der Waals surface area contributed by atoms with Crippen molar-refractivity contribution in [3.05, 3.63) is 41.9 Å². The van der Waals surface area contributed by atoms with Crippen LogP contribution in [-0.4, -0.2) is 27.2 Å². The number of carbonyl (C=O) groups excluding carboxylic acids is 1. The molecular formula is C14H19N5O. The SMILES string of the molecule is CCCNc1ncccc1C(=O)NCc1cnn(C)c1. The van der Waals surface area contributed by atoms with Crippen LogP contribution in [0.3, 0.4) is 0 Å². The molecule has 0 radical (unpaired) electrons. The standard InChI is InChI=1S/C14H19N5O/c1-3-6-15-13-12(5-4-7-16-13)14(20)17-8-11-9-18-19(2)10-11/h4-5,7,9-10H,3,6,8H2,1-2H3,(H,15,16)(H,17,20). The van der Waals surface area contributed by atoms with Crippen LogP contribution in [0.1, 0.15) is 29.3 Å². The molecule has 0 aromatic carbocycles. The molecule has 0 unspecified atom stereocenters. The van der Waals surface area contributed by atoms with Gasteiger partial charge in [-0.15, -0.1) is 0 Å². The van der Waals surface area contributed by atoms with Gasteiger partial charge < -0.3 is 10.6 Å². The minimum absolute atomic E-state index is 0.138. The molecule has 6 nitrogen and oxygen atoms in total. The number of aromatic nitrogens is 3. The Morgan fingerprint density at radius 3 is 3.00 bits per heavy atom. The second kappa shape index (κ2) is 6.70. The van der Waals surface area contributed by atoms with Crippen LogP contribution in [0, 0.1) is 0 Å². The Balaban J connectivity index is 2.01. The lowest BCUT2D eigenvalue weighted by Crippen LogP contribution is -2.24. The molecule has 0 saturated carbocycles. The van der Waals surface area contributed by atoms with E-state index in [0.717, 1.165) is 18.5 Å². The fourth-order valence-corrected chi connectivity index (χ4v) is 1.81. The van der Waals surface area contributed by atoms with Crippen LogP contribution in [0.4, 0.5) is 5.82 Å². The number of pyridine rings is 1. The van der Waals surface area contributed by atoms with Gasteiger partial charge in [0.05, 0.1) is 11.8 Å². The number of anilines is 1. The van der Waals surface area contributed by atoms with Gasteiger partial charge in [0.1, 0.15) is 5.82 Å². The van der Waals surface area contributed by atoms with E-state index in [1.807, 2.05) is 13.2 Å². The van der Waals surface area contributed by atoms with E-state index >= 15 is 0 Å². The number of rotatable bonds is 6. The number of amides is 1. The molecule has 1 amide bonds. The Kier molecular flexibility index (Phi) is 4.70. The Bertz CT molecular complexity index is 578. The summed E-state index contributed by atoms with van der Waals surface area (Å²) in [5, 5.41) is 10.1. The van der Waals surface area contributed by atoms with Gasteiger partial charge in [0.2, 0.25) is 0 Å². The van der Waals surface area contributed by atoms with Crippen LogP contribution in [-0.2, 0) is 13.6 Å². The van der Waals surface area contributed by atoms with Crippen molar-refractivity contribution in [2.24, 2.45) is 7.05 Å². The first kappa shape index (κ1) is 14.0. The number of nitrogens with zero attached hydrogens (tertiary/aromatic N) is 3. The molecular weight excluding hydrogens is 254 g/mol. The van der Waals surface area contributed by atoms with Crippen molar-refractivity contribution < 1.29 is 4.79 Å². The molecule has 0 saturated heterocycles. The predicted octanol–water partition coefficient (Wildman–Crippen LogP) is 1.57. The maximum Gasteiger partial charge on any atom is 0.255 e. The smallest absolute Gasteiger partial charge is 0.255 e. The van der Waals surface area contributed by atoms with Crippen molar-refractivity contribution >= 4 is 11.7 Å². The number of carbonyl (C=O) groups is 1. The second-order valence-corrected chi connectivity index (χ2v) is 4.53. The monoisotopic (exact) mass is 273 g/mol. The summed E-state index contributed by atoms with van der Waals surface area (Å²) in [4.78, 5) is 16.4. The van der Waals surface area contributed by atoms with Crippen LogP contribution in [0.25, 0.3) is 0 Å². The van der Waals surface area contributed by atoms with Crippen LogP contribution in [0.2, 0.25) is 0 Å². The Labute approximate surface area is 118 Å². The predicted molar refractivity (Wildman–Crippen MR) is 77.4 cm³/mol. The van der Waals surface area contributed by atoms with E-state index in [9.17, 15) is 4.79 Å². The van der Waals surface area contributed by atoms with Gasteiger partial charge in [0, 0.05) is 38.1 Å². The molecule has 6 heteroatoms. The normalized spacial score (nSPS) is 10.3. The fourth-order valence-electron chi connectivity index (χ4n) is 1.81. The highest BCUT2D eigenvalue weighted by Gasteiger charge is 2.11. The lowest BCUT2D eigenvalue weighted by molar-refractivity contribution is 0.0951. The quantitative estimate of drug-likeness (QED) is 0.838. The molecule has 2 N–H and O–H groups in total. The van der Waals surface area contributed by atoms with Crippen molar-refractivity contribution in [2.75, 3.05) is 11.9 Å². The first-order valence-electron chi connectivity index (χ1n) is 6.65. The molecule has 2 heterocycles. The highest BCUT2D eigenvalue weighted by molar-refractivity contribution is 5.98. The highest BCUT2D eigenvalue weighted by atomic mass is 16.1. The van der Waals surface area contributed by atoms with Crippen molar-refractivity contribution in [3.63, 3.8) is 0 Å². The summed E-state index contributed by atoms with van der Waals surface area (Å²) in [7, 11) is 1.85. The molecule has 2 rings (SSSR count). The minimum atomic E-state index is -0.138. The van der Waals surface area contributed by atoms with Gasteiger partial charge >= 0.3 is 0 Å². The summed E-state index contributed by atoms with van der Waals surface area (Å²) in [6.07, 6.45) is 6.27. The average molecular weight is 273 g/mol. The van der Waals surface area contributed by atoms with Crippen molar-refractivity contribution in [1.29, 1.82) is 0 Å². The highest BCUT2D eigenvalue weighted by Crippen LogP contribution is 2.11. The van der Waals surface area contributed by atoms with Gasteiger partial charge in [-0.05, 0) is 18.6 Å². The molecule has 0 bridgehead atoms. The molecule has 106 valence electrons. The molecule has 0 aliphatic carbocycles. The Morgan fingerprint density at radius 2 is 2.30 bits per heavy atom. The number of aryl methyl sites for hydroxylation is 1. The van der Waals surface area contributed by atoms with Crippen LogP contribution in [0.15, 0.2) is 30.7 Å². The third kappa shape index (κ3) is 3.57. The third-order valence-electron chi connectivity index (χ3n) is 2.81.